The summed E-state index contributed by atoms with van der Waals surface area (Å²) in [4.78, 5) is 13.0. The average Bonchev–Trinajstić information content (AvgIpc) is 2.67. The van der Waals surface area contributed by atoms with E-state index in [1.807, 2.05) is 36.4 Å². The molecule has 0 aliphatic carbocycles. The van der Waals surface area contributed by atoms with E-state index in [1.54, 1.807) is 17.8 Å². The van der Waals surface area contributed by atoms with Crippen LogP contribution < -0.4 is 5.32 Å². The fourth-order valence-electron chi connectivity index (χ4n) is 2.77. The molecule has 1 saturated heterocycles. The number of benzene rings is 2. The maximum absolute atomic E-state index is 12.0. The van der Waals surface area contributed by atoms with E-state index in [2.05, 4.69) is 17.4 Å². The third kappa shape index (κ3) is 3.98. The van der Waals surface area contributed by atoms with Crippen LogP contribution in [0.1, 0.15) is 21.2 Å². The van der Waals surface area contributed by atoms with Gasteiger partial charge < -0.3 is 14.8 Å². The predicted molar refractivity (Wildman–Crippen MR) is 95.4 cm³/mol. The number of esters is 1. The monoisotopic (exact) mass is 343 g/mol. The van der Waals surface area contributed by atoms with Gasteiger partial charge in [-0.15, -0.1) is 11.8 Å². The van der Waals surface area contributed by atoms with Crippen molar-refractivity contribution in [1.29, 1.82) is 0 Å². The van der Waals surface area contributed by atoms with E-state index in [9.17, 15) is 4.79 Å². The Balaban J connectivity index is 1.91. The minimum atomic E-state index is -0.312. The first-order chi connectivity index (χ1) is 11.8. The first-order valence-corrected chi connectivity index (χ1v) is 8.89. The molecule has 1 heterocycles. The molecular weight excluding hydrogens is 322 g/mol. The summed E-state index contributed by atoms with van der Waals surface area (Å²) in [6.45, 7) is 2.38. The standard InChI is InChI=1S/C19H21NO3S/c1-22-19(21)15-9-5-6-10-17(15)24-18(14-7-3-2-4-8-14)16-13-20-11-12-23-16/h2-10,16,18,20H,11-13H2,1H3/t16?,18-/m0/s1. The van der Waals surface area contributed by atoms with Crippen LogP contribution in [0, 0.1) is 0 Å². The molecule has 0 amide bonds. The summed E-state index contributed by atoms with van der Waals surface area (Å²) in [5, 5.41) is 3.49. The van der Waals surface area contributed by atoms with Gasteiger partial charge in [-0.05, 0) is 17.7 Å². The van der Waals surface area contributed by atoms with Crippen molar-refractivity contribution in [3.8, 4) is 0 Å². The number of thioether (sulfide) groups is 1. The molecule has 5 heteroatoms. The molecule has 0 saturated carbocycles. The molecule has 24 heavy (non-hydrogen) atoms. The number of methoxy groups -OCH3 is 1. The molecule has 126 valence electrons. The molecule has 1 aliphatic rings. The van der Waals surface area contributed by atoms with Crippen molar-refractivity contribution in [3.63, 3.8) is 0 Å². The highest BCUT2D eigenvalue weighted by Crippen LogP contribution is 2.40. The fourth-order valence-corrected chi connectivity index (χ4v) is 4.10. The molecule has 3 rings (SSSR count). The average molecular weight is 343 g/mol. The van der Waals surface area contributed by atoms with E-state index in [-0.39, 0.29) is 17.3 Å². The van der Waals surface area contributed by atoms with Crippen molar-refractivity contribution < 1.29 is 14.3 Å². The van der Waals surface area contributed by atoms with E-state index < -0.39 is 0 Å². The Labute approximate surface area is 146 Å². The van der Waals surface area contributed by atoms with Gasteiger partial charge in [0.15, 0.2) is 0 Å². The van der Waals surface area contributed by atoms with Crippen LogP contribution in [-0.4, -0.2) is 38.9 Å². The molecule has 1 aliphatic heterocycles. The molecule has 2 atom stereocenters. The van der Waals surface area contributed by atoms with Gasteiger partial charge in [0.1, 0.15) is 0 Å². The largest absolute Gasteiger partial charge is 0.465 e. The summed E-state index contributed by atoms with van der Waals surface area (Å²) >= 11 is 1.65. The fraction of sp³-hybridized carbons (Fsp3) is 0.316. The van der Waals surface area contributed by atoms with E-state index in [0.29, 0.717) is 12.2 Å². The van der Waals surface area contributed by atoms with Crippen LogP contribution in [0.5, 0.6) is 0 Å². The molecule has 0 spiro atoms. The first-order valence-electron chi connectivity index (χ1n) is 8.01. The molecule has 1 unspecified atom stereocenters. The number of hydrogen-bond acceptors (Lipinski definition) is 5. The number of morpholine rings is 1. The first kappa shape index (κ1) is 17.0. The van der Waals surface area contributed by atoms with E-state index in [0.717, 1.165) is 18.0 Å². The summed E-state index contributed by atoms with van der Waals surface area (Å²) in [7, 11) is 1.41. The third-order valence-corrected chi connectivity index (χ3v) is 5.41. The second-order valence-corrected chi connectivity index (χ2v) is 6.73. The Bertz CT molecular complexity index is 671. The molecule has 0 radical (unpaired) electrons. The maximum atomic E-state index is 12.0. The molecule has 2 aromatic rings. The Morgan fingerprint density at radius 3 is 2.67 bits per heavy atom. The molecular formula is C19H21NO3S. The number of hydrogen-bond donors (Lipinski definition) is 1. The van der Waals surface area contributed by atoms with Crippen LogP contribution in [0.3, 0.4) is 0 Å². The molecule has 4 nitrogen and oxygen atoms in total. The SMILES string of the molecule is COC(=O)c1ccccc1S[C@@H](c1ccccc1)C1CNCCO1. The zero-order valence-corrected chi connectivity index (χ0v) is 14.4. The smallest absolute Gasteiger partial charge is 0.338 e. The lowest BCUT2D eigenvalue weighted by Crippen LogP contribution is -2.41. The summed E-state index contributed by atoms with van der Waals surface area (Å²) in [5.41, 5.74) is 1.78. The molecule has 1 fully saturated rings. The third-order valence-electron chi connectivity index (χ3n) is 3.97. The van der Waals surface area contributed by atoms with Gasteiger partial charge in [0.05, 0.1) is 30.6 Å². The molecule has 0 bridgehead atoms. The van der Waals surface area contributed by atoms with Crippen molar-refractivity contribution in [2.24, 2.45) is 0 Å². The second-order valence-electron chi connectivity index (χ2n) is 5.55. The quantitative estimate of drug-likeness (QED) is 0.667. The van der Waals surface area contributed by atoms with Crippen LogP contribution in [0.25, 0.3) is 0 Å². The van der Waals surface area contributed by atoms with E-state index >= 15 is 0 Å². The zero-order valence-electron chi connectivity index (χ0n) is 13.6. The van der Waals surface area contributed by atoms with Crippen molar-refractivity contribution in [2.75, 3.05) is 26.8 Å². The lowest BCUT2D eigenvalue weighted by molar-refractivity contribution is 0.0273. The normalized spacial score (nSPS) is 18.8. The van der Waals surface area contributed by atoms with Crippen LogP contribution in [0.2, 0.25) is 0 Å². The lowest BCUT2D eigenvalue weighted by Gasteiger charge is -2.31. The van der Waals surface area contributed by atoms with Crippen LogP contribution in [0.4, 0.5) is 0 Å². The van der Waals surface area contributed by atoms with Gasteiger partial charge in [-0.2, -0.15) is 0 Å². The van der Waals surface area contributed by atoms with E-state index in [4.69, 9.17) is 9.47 Å². The highest BCUT2D eigenvalue weighted by atomic mass is 32.2. The van der Waals surface area contributed by atoms with Crippen molar-refractivity contribution in [3.05, 3.63) is 65.7 Å². The highest BCUT2D eigenvalue weighted by Gasteiger charge is 2.28. The Morgan fingerprint density at radius 2 is 1.96 bits per heavy atom. The number of ether oxygens (including phenoxy) is 2. The summed E-state index contributed by atoms with van der Waals surface area (Å²) in [5.74, 6) is -0.312. The number of nitrogens with one attached hydrogen (secondary N) is 1. The van der Waals surface area contributed by atoms with Gasteiger partial charge in [-0.3, -0.25) is 0 Å². The zero-order chi connectivity index (χ0) is 16.8. The Morgan fingerprint density at radius 1 is 1.21 bits per heavy atom. The summed E-state index contributed by atoms with van der Waals surface area (Å²) in [6, 6.07) is 17.8. The second kappa shape index (κ2) is 8.33. The lowest BCUT2D eigenvalue weighted by atomic mass is 10.1. The van der Waals surface area contributed by atoms with Gasteiger partial charge in [0, 0.05) is 18.0 Å². The van der Waals surface area contributed by atoms with Gasteiger partial charge in [-0.25, -0.2) is 4.79 Å². The summed E-state index contributed by atoms with van der Waals surface area (Å²) in [6.07, 6.45) is 0.0526. The minimum absolute atomic E-state index is 0.0526. The number of carbonyl (C=O) groups excluding carboxylic acids is 1. The molecule has 2 aromatic carbocycles. The van der Waals surface area contributed by atoms with Gasteiger partial charge in [-0.1, -0.05) is 42.5 Å². The Hall–Kier alpha value is -1.82. The molecule has 0 aromatic heterocycles. The van der Waals surface area contributed by atoms with Gasteiger partial charge in [0.25, 0.3) is 0 Å². The predicted octanol–water partition coefficient (Wildman–Crippen LogP) is 3.30. The van der Waals surface area contributed by atoms with Crippen LogP contribution >= 0.6 is 11.8 Å². The van der Waals surface area contributed by atoms with Crippen LogP contribution in [-0.2, 0) is 9.47 Å². The highest BCUT2D eigenvalue weighted by molar-refractivity contribution is 7.99. The number of rotatable bonds is 5. The topological polar surface area (TPSA) is 47.6 Å². The minimum Gasteiger partial charge on any atom is -0.465 e. The van der Waals surface area contributed by atoms with Crippen molar-refractivity contribution in [1.82, 2.24) is 5.32 Å². The van der Waals surface area contributed by atoms with Crippen molar-refractivity contribution in [2.45, 2.75) is 16.2 Å². The number of carbonyl (C=O) groups is 1. The Kier molecular flexibility index (Phi) is 5.91. The maximum Gasteiger partial charge on any atom is 0.338 e. The summed E-state index contributed by atoms with van der Waals surface area (Å²) < 4.78 is 10.9. The van der Waals surface area contributed by atoms with Crippen molar-refractivity contribution >= 4 is 17.7 Å². The van der Waals surface area contributed by atoms with Gasteiger partial charge >= 0.3 is 5.97 Å². The van der Waals surface area contributed by atoms with Crippen LogP contribution in [0.15, 0.2) is 59.5 Å². The molecule has 1 N–H and O–H groups in total. The van der Waals surface area contributed by atoms with E-state index in [1.165, 1.54) is 12.7 Å². The van der Waals surface area contributed by atoms with Gasteiger partial charge in [0.2, 0.25) is 0 Å².